The second-order valence-corrected chi connectivity index (χ2v) is 4.19. The van der Waals surface area contributed by atoms with Crippen molar-refractivity contribution in [3.63, 3.8) is 0 Å². The Labute approximate surface area is 71.9 Å². The quantitative estimate of drug-likeness (QED) is 0.648. The highest BCUT2D eigenvalue weighted by atomic mass is 32.3. The van der Waals surface area contributed by atoms with E-state index in [1.807, 2.05) is 13.8 Å². The van der Waals surface area contributed by atoms with Crippen LogP contribution in [0.2, 0.25) is 0 Å². The van der Waals surface area contributed by atoms with E-state index in [2.05, 4.69) is 8.37 Å². The molecule has 1 rings (SSSR count). The lowest BCUT2D eigenvalue weighted by Crippen LogP contribution is -2.17. The Hall–Kier alpha value is -0.170. The maximum Gasteiger partial charge on any atom is 0.402 e. The lowest BCUT2D eigenvalue weighted by Gasteiger charge is -2.09. The van der Waals surface area contributed by atoms with Gasteiger partial charge in [0, 0.05) is 0 Å². The third-order valence-corrected chi connectivity index (χ3v) is 2.06. The van der Waals surface area contributed by atoms with E-state index in [1.165, 1.54) is 0 Å². The third kappa shape index (κ3) is 3.06. The first-order chi connectivity index (χ1) is 5.49. The molecule has 1 heterocycles. The zero-order chi connectivity index (χ0) is 9.19. The first-order valence-corrected chi connectivity index (χ1v) is 5.02. The second kappa shape index (κ2) is 3.69. The fourth-order valence-corrected chi connectivity index (χ4v) is 1.41. The van der Waals surface area contributed by atoms with Crippen LogP contribution in [0.25, 0.3) is 0 Å². The molecule has 1 aliphatic heterocycles. The monoisotopic (exact) mass is 196 g/mol. The summed E-state index contributed by atoms with van der Waals surface area (Å²) in [5.41, 5.74) is 0. The van der Waals surface area contributed by atoms with Crippen molar-refractivity contribution in [3.8, 4) is 0 Å². The Balaban J connectivity index is 2.29. The standard InChI is InChI=1S/C6H12O5S/c1-5(2)3-9-6-4-10-12(7,8)11-6/h5-6H,3-4H2,1-2H3. The summed E-state index contributed by atoms with van der Waals surface area (Å²) in [6.07, 6.45) is -0.766. The minimum atomic E-state index is -3.77. The van der Waals surface area contributed by atoms with Gasteiger partial charge in [0.25, 0.3) is 0 Å². The Kier molecular flexibility index (Phi) is 3.05. The van der Waals surface area contributed by atoms with Gasteiger partial charge in [0.05, 0.1) is 6.61 Å². The van der Waals surface area contributed by atoms with Gasteiger partial charge in [-0.3, -0.25) is 0 Å². The van der Waals surface area contributed by atoms with Gasteiger partial charge < -0.3 is 4.74 Å². The Bertz CT molecular complexity index is 232. The molecule has 0 amide bonds. The molecule has 0 spiro atoms. The van der Waals surface area contributed by atoms with Crippen LogP contribution in [0.1, 0.15) is 13.8 Å². The lowest BCUT2D eigenvalue weighted by atomic mass is 10.2. The molecule has 0 aliphatic carbocycles. The molecule has 1 saturated heterocycles. The maximum absolute atomic E-state index is 10.6. The summed E-state index contributed by atoms with van der Waals surface area (Å²) in [7, 11) is -3.77. The van der Waals surface area contributed by atoms with E-state index in [9.17, 15) is 8.42 Å². The number of ether oxygens (including phenoxy) is 1. The zero-order valence-electron chi connectivity index (χ0n) is 7.02. The van der Waals surface area contributed by atoms with Crippen molar-refractivity contribution >= 4 is 10.4 Å². The summed E-state index contributed by atoms with van der Waals surface area (Å²) in [4.78, 5) is 0. The van der Waals surface area contributed by atoms with Crippen molar-refractivity contribution in [2.24, 2.45) is 5.92 Å². The Morgan fingerprint density at radius 2 is 2.25 bits per heavy atom. The molecule has 1 atom stereocenters. The van der Waals surface area contributed by atoms with Crippen LogP contribution in [0.15, 0.2) is 0 Å². The van der Waals surface area contributed by atoms with Crippen molar-refractivity contribution < 1.29 is 21.5 Å². The van der Waals surface area contributed by atoms with E-state index in [1.54, 1.807) is 0 Å². The highest BCUT2D eigenvalue weighted by molar-refractivity contribution is 7.82. The molecule has 0 radical (unpaired) electrons. The zero-order valence-corrected chi connectivity index (χ0v) is 7.83. The van der Waals surface area contributed by atoms with Gasteiger partial charge in [-0.15, -0.1) is 0 Å². The van der Waals surface area contributed by atoms with Crippen LogP contribution < -0.4 is 0 Å². The molecule has 1 unspecified atom stereocenters. The second-order valence-electron chi connectivity index (χ2n) is 2.95. The minimum Gasteiger partial charge on any atom is -0.349 e. The Morgan fingerprint density at radius 3 is 2.67 bits per heavy atom. The largest absolute Gasteiger partial charge is 0.402 e. The molecular weight excluding hydrogens is 184 g/mol. The van der Waals surface area contributed by atoms with Crippen LogP contribution in [0.4, 0.5) is 0 Å². The molecule has 0 aromatic rings. The van der Waals surface area contributed by atoms with E-state index in [0.29, 0.717) is 12.5 Å². The topological polar surface area (TPSA) is 61.8 Å². The van der Waals surface area contributed by atoms with Crippen molar-refractivity contribution in [3.05, 3.63) is 0 Å². The van der Waals surface area contributed by atoms with Gasteiger partial charge in [-0.25, -0.2) is 8.37 Å². The normalized spacial score (nSPS) is 28.1. The van der Waals surface area contributed by atoms with Gasteiger partial charge in [0.1, 0.15) is 6.61 Å². The van der Waals surface area contributed by atoms with Crippen LogP contribution in [0.3, 0.4) is 0 Å². The van der Waals surface area contributed by atoms with E-state index in [0.717, 1.165) is 0 Å². The predicted molar refractivity (Wildman–Crippen MR) is 40.5 cm³/mol. The summed E-state index contributed by atoms with van der Waals surface area (Å²) in [6.45, 7) is 4.34. The smallest absolute Gasteiger partial charge is 0.349 e. The average molecular weight is 196 g/mol. The predicted octanol–water partition coefficient (Wildman–Crippen LogP) is 0.277. The van der Waals surface area contributed by atoms with E-state index in [4.69, 9.17) is 4.74 Å². The SMILES string of the molecule is CC(C)COC1COS(=O)(=O)O1. The molecule has 0 aromatic heterocycles. The van der Waals surface area contributed by atoms with E-state index >= 15 is 0 Å². The van der Waals surface area contributed by atoms with Crippen molar-refractivity contribution in [1.29, 1.82) is 0 Å². The third-order valence-electron chi connectivity index (χ3n) is 1.19. The molecule has 1 fully saturated rings. The highest BCUT2D eigenvalue weighted by Crippen LogP contribution is 2.14. The fraction of sp³-hybridized carbons (Fsp3) is 1.00. The van der Waals surface area contributed by atoms with E-state index in [-0.39, 0.29) is 6.61 Å². The summed E-state index contributed by atoms with van der Waals surface area (Å²) >= 11 is 0. The van der Waals surface area contributed by atoms with Crippen LogP contribution in [-0.2, 0) is 23.5 Å². The summed E-state index contributed by atoms with van der Waals surface area (Å²) in [6, 6.07) is 0. The van der Waals surface area contributed by atoms with Crippen LogP contribution in [0, 0.1) is 5.92 Å². The van der Waals surface area contributed by atoms with Gasteiger partial charge in [-0.1, -0.05) is 13.8 Å². The first-order valence-electron chi connectivity index (χ1n) is 3.69. The maximum atomic E-state index is 10.6. The van der Waals surface area contributed by atoms with Crippen LogP contribution in [0.5, 0.6) is 0 Å². The molecule has 0 aromatic carbocycles. The first kappa shape index (κ1) is 9.91. The molecule has 0 saturated carbocycles. The van der Waals surface area contributed by atoms with Gasteiger partial charge in [0.15, 0.2) is 0 Å². The summed E-state index contributed by atoms with van der Waals surface area (Å²) in [5, 5.41) is 0. The van der Waals surface area contributed by atoms with Gasteiger partial charge in [-0.05, 0) is 5.92 Å². The molecule has 72 valence electrons. The summed E-state index contributed by atoms with van der Waals surface area (Å²) < 4.78 is 34.9. The van der Waals surface area contributed by atoms with E-state index < -0.39 is 16.7 Å². The molecule has 12 heavy (non-hydrogen) atoms. The van der Waals surface area contributed by atoms with Gasteiger partial charge in [0.2, 0.25) is 6.29 Å². The minimum absolute atomic E-state index is 0.0466. The molecule has 6 heteroatoms. The molecule has 0 bridgehead atoms. The van der Waals surface area contributed by atoms with Gasteiger partial charge >= 0.3 is 10.4 Å². The van der Waals surface area contributed by atoms with Crippen molar-refractivity contribution in [1.82, 2.24) is 0 Å². The van der Waals surface area contributed by atoms with Gasteiger partial charge in [-0.2, -0.15) is 8.42 Å². The number of hydrogen-bond donors (Lipinski definition) is 0. The van der Waals surface area contributed by atoms with Crippen molar-refractivity contribution in [2.75, 3.05) is 13.2 Å². The van der Waals surface area contributed by atoms with Crippen LogP contribution >= 0.6 is 0 Å². The fourth-order valence-electron chi connectivity index (χ4n) is 0.702. The number of hydrogen-bond acceptors (Lipinski definition) is 5. The lowest BCUT2D eigenvalue weighted by molar-refractivity contribution is -0.0751. The molecular formula is C6H12O5S. The molecule has 5 nitrogen and oxygen atoms in total. The number of rotatable bonds is 3. The Morgan fingerprint density at radius 1 is 1.58 bits per heavy atom. The molecule has 0 N–H and O–H groups in total. The highest BCUT2D eigenvalue weighted by Gasteiger charge is 2.30. The molecule has 1 aliphatic rings. The van der Waals surface area contributed by atoms with Crippen molar-refractivity contribution in [2.45, 2.75) is 20.1 Å². The average Bonchev–Trinajstić information content (AvgIpc) is 2.26. The van der Waals surface area contributed by atoms with Crippen LogP contribution in [-0.4, -0.2) is 27.9 Å². The summed E-state index contributed by atoms with van der Waals surface area (Å²) in [5.74, 6) is 0.344.